The summed E-state index contributed by atoms with van der Waals surface area (Å²) in [7, 11) is 1.73. The predicted molar refractivity (Wildman–Crippen MR) is 71.1 cm³/mol. The summed E-state index contributed by atoms with van der Waals surface area (Å²) in [6.07, 6.45) is 2.10. The third-order valence-electron chi connectivity index (χ3n) is 3.62. The van der Waals surface area contributed by atoms with Gasteiger partial charge >= 0.3 is 0 Å². The summed E-state index contributed by atoms with van der Waals surface area (Å²) in [5, 5.41) is 0. The van der Waals surface area contributed by atoms with Crippen molar-refractivity contribution in [3.63, 3.8) is 0 Å². The van der Waals surface area contributed by atoms with Crippen LogP contribution in [0.4, 0.5) is 10.1 Å². The SMILES string of the molecule is COCC1CCN(c2c(F)cccc2CN)CC1. The van der Waals surface area contributed by atoms with E-state index in [1.54, 1.807) is 13.2 Å². The molecule has 1 saturated heterocycles. The van der Waals surface area contributed by atoms with Crippen LogP contribution in [-0.2, 0) is 11.3 Å². The molecule has 1 heterocycles. The van der Waals surface area contributed by atoms with Crippen molar-refractivity contribution >= 4 is 5.69 Å². The topological polar surface area (TPSA) is 38.5 Å². The molecule has 1 aromatic carbocycles. The number of rotatable bonds is 4. The molecule has 1 fully saturated rings. The zero-order chi connectivity index (χ0) is 13.0. The number of methoxy groups -OCH3 is 1. The van der Waals surface area contributed by atoms with E-state index in [4.69, 9.17) is 10.5 Å². The second kappa shape index (κ2) is 6.16. The number of ether oxygens (including phenoxy) is 1. The molecule has 0 saturated carbocycles. The Bertz CT molecular complexity index is 389. The van der Waals surface area contributed by atoms with E-state index in [2.05, 4.69) is 4.90 Å². The normalized spacial score (nSPS) is 17.2. The quantitative estimate of drug-likeness (QED) is 0.892. The zero-order valence-corrected chi connectivity index (χ0v) is 10.9. The molecule has 18 heavy (non-hydrogen) atoms. The fraction of sp³-hybridized carbons (Fsp3) is 0.571. The highest BCUT2D eigenvalue weighted by Gasteiger charge is 2.22. The summed E-state index contributed by atoms with van der Waals surface area (Å²) in [4.78, 5) is 2.11. The fourth-order valence-corrected chi connectivity index (χ4v) is 2.64. The van der Waals surface area contributed by atoms with Crippen LogP contribution < -0.4 is 10.6 Å². The maximum Gasteiger partial charge on any atom is 0.146 e. The van der Waals surface area contributed by atoms with Crippen LogP contribution in [0, 0.1) is 11.7 Å². The van der Waals surface area contributed by atoms with Gasteiger partial charge in [-0.1, -0.05) is 12.1 Å². The van der Waals surface area contributed by atoms with Crippen LogP contribution in [0.2, 0.25) is 0 Å². The van der Waals surface area contributed by atoms with Crippen LogP contribution >= 0.6 is 0 Å². The lowest BCUT2D eigenvalue weighted by molar-refractivity contribution is 0.139. The minimum Gasteiger partial charge on any atom is -0.384 e. The van der Waals surface area contributed by atoms with Crippen LogP contribution in [0.25, 0.3) is 0 Å². The number of nitrogens with two attached hydrogens (primary N) is 1. The monoisotopic (exact) mass is 252 g/mol. The average Bonchev–Trinajstić information content (AvgIpc) is 2.40. The maximum atomic E-state index is 13.9. The van der Waals surface area contributed by atoms with Crippen molar-refractivity contribution in [3.05, 3.63) is 29.6 Å². The molecule has 0 aliphatic carbocycles. The minimum absolute atomic E-state index is 0.164. The summed E-state index contributed by atoms with van der Waals surface area (Å²) in [6, 6.07) is 5.13. The Balaban J connectivity index is 2.09. The van der Waals surface area contributed by atoms with E-state index in [9.17, 15) is 4.39 Å². The van der Waals surface area contributed by atoms with E-state index in [1.807, 2.05) is 6.07 Å². The highest BCUT2D eigenvalue weighted by Crippen LogP contribution is 2.28. The lowest BCUT2D eigenvalue weighted by atomic mass is 9.96. The second-order valence-corrected chi connectivity index (χ2v) is 4.84. The molecule has 1 aromatic rings. The Labute approximate surface area is 108 Å². The van der Waals surface area contributed by atoms with Crippen LogP contribution in [0.15, 0.2) is 18.2 Å². The highest BCUT2D eigenvalue weighted by molar-refractivity contribution is 5.55. The number of benzene rings is 1. The van der Waals surface area contributed by atoms with Gasteiger partial charge in [-0.2, -0.15) is 0 Å². The summed E-state index contributed by atoms with van der Waals surface area (Å²) < 4.78 is 19.1. The number of para-hydroxylation sites is 1. The number of hydrogen-bond acceptors (Lipinski definition) is 3. The molecular weight excluding hydrogens is 231 g/mol. The molecule has 0 amide bonds. The molecule has 100 valence electrons. The molecule has 1 aliphatic rings. The Hall–Kier alpha value is -1.13. The van der Waals surface area contributed by atoms with Gasteiger partial charge in [-0.15, -0.1) is 0 Å². The first-order valence-electron chi connectivity index (χ1n) is 6.47. The Morgan fingerprint density at radius 3 is 2.72 bits per heavy atom. The summed E-state index contributed by atoms with van der Waals surface area (Å²) in [5.41, 5.74) is 7.27. The lowest BCUT2D eigenvalue weighted by Crippen LogP contribution is -2.36. The maximum absolute atomic E-state index is 13.9. The van der Waals surface area contributed by atoms with Crippen LogP contribution in [-0.4, -0.2) is 26.8 Å². The first-order valence-corrected chi connectivity index (χ1v) is 6.47. The van der Waals surface area contributed by atoms with Crippen molar-refractivity contribution in [2.45, 2.75) is 19.4 Å². The van der Waals surface area contributed by atoms with Crippen LogP contribution in [0.3, 0.4) is 0 Å². The number of nitrogens with zero attached hydrogens (tertiary/aromatic N) is 1. The molecule has 0 radical (unpaired) electrons. The molecule has 0 bridgehead atoms. The van der Waals surface area contributed by atoms with Gasteiger partial charge in [-0.25, -0.2) is 4.39 Å². The number of anilines is 1. The van der Waals surface area contributed by atoms with E-state index < -0.39 is 0 Å². The molecule has 4 heteroatoms. The fourth-order valence-electron chi connectivity index (χ4n) is 2.64. The third-order valence-corrected chi connectivity index (χ3v) is 3.62. The van der Waals surface area contributed by atoms with Crippen molar-refractivity contribution in [1.29, 1.82) is 0 Å². The van der Waals surface area contributed by atoms with Crippen molar-refractivity contribution in [3.8, 4) is 0 Å². The van der Waals surface area contributed by atoms with E-state index in [0.29, 0.717) is 18.2 Å². The third kappa shape index (κ3) is 2.82. The molecule has 0 unspecified atom stereocenters. The summed E-state index contributed by atoms with van der Waals surface area (Å²) in [6.45, 7) is 2.93. The standard InChI is InChI=1S/C14H21FN2O/c1-18-10-11-5-7-17(8-6-11)14-12(9-16)3-2-4-13(14)15/h2-4,11H,5-10,16H2,1H3. The van der Waals surface area contributed by atoms with Gasteiger partial charge in [0.1, 0.15) is 5.82 Å². The molecule has 0 atom stereocenters. The van der Waals surface area contributed by atoms with Gasteiger partial charge in [0, 0.05) is 33.4 Å². The Morgan fingerprint density at radius 2 is 2.11 bits per heavy atom. The summed E-state index contributed by atoms with van der Waals surface area (Å²) >= 11 is 0. The number of hydrogen-bond donors (Lipinski definition) is 1. The van der Waals surface area contributed by atoms with Crippen LogP contribution in [0.1, 0.15) is 18.4 Å². The largest absolute Gasteiger partial charge is 0.384 e. The first-order chi connectivity index (χ1) is 8.76. The van der Waals surface area contributed by atoms with Gasteiger partial charge in [0.15, 0.2) is 0 Å². The van der Waals surface area contributed by atoms with Crippen LogP contribution in [0.5, 0.6) is 0 Å². The molecule has 1 aliphatic heterocycles. The number of piperidine rings is 1. The van der Waals surface area contributed by atoms with Gasteiger partial charge in [0.25, 0.3) is 0 Å². The van der Waals surface area contributed by atoms with Gasteiger partial charge in [-0.3, -0.25) is 0 Å². The Morgan fingerprint density at radius 1 is 1.39 bits per heavy atom. The van der Waals surface area contributed by atoms with Crippen molar-refractivity contribution in [1.82, 2.24) is 0 Å². The lowest BCUT2D eigenvalue weighted by Gasteiger charge is -2.34. The van der Waals surface area contributed by atoms with Crippen molar-refractivity contribution in [2.75, 3.05) is 31.7 Å². The Kier molecular flexibility index (Phi) is 4.55. The van der Waals surface area contributed by atoms with E-state index in [1.165, 1.54) is 6.07 Å². The van der Waals surface area contributed by atoms with Crippen molar-refractivity contribution in [2.24, 2.45) is 11.7 Å². The highest BCUT2D eigenvalue weighted by atomic mass is 19.1. The van der Waals surface area contributed by atoms with E-state index >= 15 is 0 Å². The molecule has 2 N–H and O–H groups in total. The van der Waals surface area contributed by atoms with Crippen molar-refractivity contribution < 1.29 is 9.13 Å². The zero-order valence-electron chi connectivity index (χ0n) is 10.9. The van der Waals surface area contributed by atoms with Gasteiger partial charge in [0.05, 0.1) is 5.69 Å². The molecule has 2 rings (SSSR count). The van der Waals surface area contributed by atoms with Gasteiger partial charge in [0.2, 0.25) is 0 Å². The average molecular weight is 252 g/mol. The van der Waals surface area contributed by atoms with E-state index in [-0.39, 0.29) is 5.82 Å². The molecule has 0 aromatic heterocycles. The molecule has 0 spiro atoms. The second-order valence-electron chi connectivity index (χ2n) is 4.84. The molecule has 3 nitrogen and oxygen atoms in total. The van der Waals surface area contributed by atoms with E-state index in [0.717, 1.165) is 38.1 Å². The molecular formula is C14H21FN2O. The smallest absolute Gasteiger partial charge is 0.146 e. The number of halogens is 1. The predicted octanol–water partition coefficient (Wildman–Crippen LogP) is 2.15. The first kappa shape index (κ1) is 13.3. The van der Waals surface area contributed by atoms with Gasteiger partial charge < -0.3 is 15.4 Å². The van der Waals surface area contributed by atoms with Gasteiger partial charge in [-0.05, 0) is 30.4 Å². The summed E-state index contributed by atoms with van der Waals surface area (Å²) in [5.74, 6) is 0.433. The minimum atomic E-state index is -0.164.